The first-order valence-electron chi connectivity index (χ1n) is 7.05. The molecule has 5 nitrogen and oxygen atoms in total. The van der Waals surface area contributed by atoms with Crippen LogP contribution in [0.1, 0.15) is 19.4 Å². The van der Waals surface area contributed by atoms with Gasteiger partial charge in [0.2, 0.25) is 11.8 Å². The lowest BCUT2D eigenvalue weighted by Crippen LogP contribution is -2.47. The average molecular weight is 374 g/mol. The maximum absolute atomic E-state index is 13.5. The van der Waals surface area contributed by atoms with Crippen molar-refractivity contribution in [2.75, 3.05) is 13.1 Å². The summed E-state index contributed by atoms with van der Waals surface area (Å²) in [7, 11) is 0. The summed E-state index contributed by atoms with van der Waals surface area (Å²) in [6, 6.07) is 4.02. The van der Waals surface area contributed by atoms with Crippen molar-refractivity contribution in [1.29, 1.82) is 0 Å². The topological polar surface area (TPSA) is 84.2 Å². The Morgan fingerprint density at radius 2 is 2.00 bits per heavy atom. The second kappa shape index (κ2) is 8.85. The second-order valence-electron chi connectivity index (χ2n) is 5.32. The second-order valence-corrected chi connectivity index (χ2v) is 6.24. The maximum atomic E-state index is 13.5. The van der Waals surface area contributed by atoms with Crippen LogP contribution in [0.25, 0.3) is 0 Å². The Kier molecular flexibility index (Phi) is 7.47. The van der Waals surface area contributed by atoms with Gasteiger partial charge in [-0.3, -0.25) is 9.59 Å². The van der Waals surface area contributed by atoms with Gasteiger partial charge in [-0.05, 0) is 36.1 Å². The molecule has 0 aromatic heterocycles. The summed E-state index contributed by atoms with van der Waals surface area (Å²) in [5.41, 5.74) is 6.18. The molecule has 0 unspecified atom stereocenters. The van der Waals surface area contributed by atoms with Crippen LogP contribution in [0, 0.1) is 11.7 Å². The van der Waals surface area contributed by atoms with Gasteiger partial charge in [-0.2, -0.15) is 0 Å². The van der Waals surface area contributed by atoms with Gasteiger partial charge in [-0.1, -0.05) is 29.8 Å². The van der Waals surface area contributed by atoms with Crippen molar-refractivity contribution in [3.05, 3.63) is 34.1 Å². The first-order chi connectivity index (χ1) is 10.3. The Morgan fingerprint density at radius 1 is 1.32 bits per heavy atom. The van der Waals surface area contributed by atoms with Crippen LogP contribution in [0.5, 0.6) is 0 Å². The highest BCUT2D eigenvalue weighted by molar-refractivity contribution is 9.10. The molecule has 0 heterocycles. The minimum absolute atomic E-state index is 0.00237. The maximum Gasteiger partial charge on any atom is 0.239 e. The highest BCUT2D eigenvalue weighted by atomic mass is 79.9. The molecule has 0 spiro atoms. The number of hydrogen-bond donors (Lipinski definition) is 3. The summed E-state index contributed by atoms with van der Waals surface area (Å²) in [6.45, 7) is 3.81. The van der Waals surface area contributed by atoms with Gasteiger partial charge >= 0.3 is 0 Å². The third kappa shape index (κ3) is 6.11. The number of carbonyl (C=O) groups is 2. The van der Waals surface area contributed by atoms with E-state index < -0.39 is 6.04 Å². The third-order valence-corrected chi connectivity index (χ3v) is 3.66. The highest BCUT2D eigenvalue weighted by Crippen LogP contribution is 2.15. The Balaban J connectivity index is 2.32. The minimum atomic E-state index is -0.636. The molecule has 0 aliphatic heterocycles. The zero-order valence-corrected chi connectivity index (χ0v) is 14.2. The Bertz CT molecular complexity index is 538. The van der Waals surface area contributed by atoms with E-state index in [1.807, 2.05) is 13.8 Å². The first-order valence-corrected chi connectivity index (χ1v) is 7.84. The van der Waals surface area contributed by atoms with Crippen molar-refractivity contribution in [3.8, 4) is 0 Å². The molecule has 22 heavy (non-hydrogen) atoms. The summed E-state index contributed by atoms with van der Waals surface area (Å²) in [4.78, 5) is 23.2. The van der Waals surface area contributed by atoms with Gasteiger partial charge in [0.25, 0.3) is 0 Å². The van der Waals surface area contributed by atoms with E-state index in [1.54, 1.807) is 12.1 Å². The molecule has 1 atom stereocenters. The Morgan fingerprint density at radius 3 is 2.64 bits per heavy atom. The molecule has 0 saturated carbocycles. The van der Waals surface area contributed by atoms with Crippen molar-refractivity contribution in [3.63, 3.8) is 0 Å². The average Bonchev–Trinajstić information content (AvgIpc) is 2.47. The number of nitrogens with one attached hydrogen (secondary N) is 2. The molecular weight excluding hydrogens is 353 g/mol. The van der Waals surface area contributed by atoms with Gasteiger partial charge in [0, 0.05) is 11.0 Å². The van der Waals surface area contributed by atoms with Gasteiger partial charge in [-0.15, -0.1) is 0 Å². The van der Waals surface area contributed by atoms with E-state index >= 15 is 0 Å². The van der Waals surface area contributed by atoms with Crippen LogP contribution in [0.4, 0.5) is 4.39 Å². The Hall–Kier alpha value is -1.47. The van der Waals surface area contributed by atoms with E-state index in [-0.39, 0.29) is 36.6 Å². The van der Waals surface area contributed by atoms with Crippen LogP contribution in [-0.2, 0) is 16.0 Å². The molecule has 1 aromatic rings. The van der Waals surface area contributed by atoms with Gasteiger partial charge in [0.1, 0.15) is 5.82 Å². The zero-order chi connectivity index (χ0) is 16.7. The van der Waals surface area contributed by atoms with Crippen LogP contribution in [0.15, 0.2) is 22.7 Å². The van der Waals surface area contributed by atoms with Crippen LogP contribution in [0.3, 0.4) is 0 Å². The lowest BCUT2D eigenvalue weighted by atomic mass is 10.1. The smallest absolute Gasteiger partial charge is 0.239 e. The van der Waals surface area contributed by atoms with Crippen molar-refractivity contribution in [2.45, 2.75) is 26.3 Å². The molecule has 0 saturated heterocycles. The summed E-state index contributed by atoms with van der Waals surface area (Å²) in [6.07, 6.45) is 0.371. The molecule has 7 heteroatoms. The first kappa shape index (κ1) is 18.6. The van der Waals surface area contributed by atoms with E-state index in [9.17, 15) is 14.0 Å². The molecular formula is C15H21BrFN3O2. The standard InChI is InChI=1S/C15H21BrFN3O2/c1-9(2)14(18)15(22)20-8-13(21)19-6-5-10-7-11(16)3-4-12(10)17/h3-4,7,9,14H,5-6,8,18H2,1-2H3,(H,19,21)(H,20,22)/t14-/m0/s1. The molecule has 0 fully saturated rings. The predicted molar refractivity (Wildman–Crippen MR) is 86.6 cm³/mol. The number of amides is 2. The molecule has 0 aliphatic carbocycles. The number of hydrogen-bond acceptors (Lipinski definition) is 3. The summed E-state index contributed by atoms with van der Waals surface area (Å²) in [5, 5.41) is 5.10. The molecule has 1 rings (SSSR count). The van der Waals surface area contributed by atoms with Gasteiger partial charge in [0.15, 0.2) is 0 Å². The number of benzene rings is 1. The predicted octanol–water partition coefficient (Wildman–Crippen LogP) is 1.35. The molecule has 122 valence electrons. The SMILES string of the molecule is CC(C)[C@H](N)C(=O)NCC(=O)NCCc1cc(Br)ccc1F. The lowest BCUT2D eigenvalue weighted by Gasteiger charge is -2.15. The van der Waals surface area contributed by atoms with E-state index in [0.29, 0.717) is 12.0 Å². The normalized spacial score (nSPS) is 12.1. The molecule has 1 aromatic carbocycles. The number of nitrogens with two attached hydrogens (primary N) is 1. The monoisotopic (exact) mass is 373 g/mol. The van der Waals surface area contributed by atoms with Gasteiger partial charge in [-0.25, -0.2) is 4.39 Å². The summed E-state index contributed by atoms with van der Waals surface area (Å²) >= 11 is 3.27. The lowest BCUT2D eigenvalue weighted by molar-refractivity contribution is -0.127. The minimum Gasteiger partial charge on any atom is -0.354 e. The van der Waals surface area contributed by atoms with Gasteiger partial charge in [0.05, 0.1) is 12.6 Å². The van der Waals surface area contributed by atoms with Crippen LogP contribution in [-0.4, -0.2) is 30.9 Å². The number of halogens is 2. The van der Waals surface area contributed by atoms with Crippen LogP contribution >= 0.6 is 15.9 Å². The van der Waals surface area contributed by atoms with E-state index in [2.05, 4.69) is 26.6 Å². The van der Waals surface area contributed by atoms with Crippen molar-refractivity contribution in [2.24, 2.45) is 11.7 Å². The highest BCUT2D eigenvalue weighted by Gasteiger charge is 2.17. The van der Waals surface area contributed by atoms with Crippen LogP contribution < -0.4 is 16.4 Å². The fraction of sp³-hybridized carbons (Fsp3) is 0.467. The van der Waals surface area contributed by atoms with E-state index in [0.717, 1.165) is 4.47 Å². The number of carbonyl (C=O) groups excluding carboxylic acids is 2. The van der Waals surface area contributed by atoms with Crippen LogP contribution in [0.2, 0.25) is 0 Å². The number of rotatable bonds is 7. The molecule has 0 radical (unpaired) electrons. The Labute approximate surface area is 138 Å². The zero-order valence-electron chi connectivity index (χ0n) is 12.7. The molecule has 0 aliphatic rings. The van der Waals surface area contributed by atoms with Crippen molar-refractivity contribution in [1.82, 2.24) is 10.6 Å². The molecule has 2 amide bonds. The summed E-state index contributed by atoms with van der Waals surface area (Å²) < 4.78 is 14.3. The summed E-state index contributed by atoms with van der Waals surface area (Å²) in [5.74, 6) is -1.00. The molecule has 4 N–H and O–H groups in total. The third-order valence-electron chi connectivity index (χ3n) is 3.17. The van der Waals surface area contributed by atoms with Crippen molar-refractivity contribution >= 4 is 27.7 Å². The van der Waals surface area contributed by atoms with E-state index in [1.165, 1.54) is 6.07 Å². The fourth-order valence-electron chi connectivity index (χ4n) is 1.72. The van der Waals surface area contributed by atoms with Crippen molar-refractivity contribution < 1.29 is 14.0 Å². The largest absolute Gasteiger partial charge is 0.354 e. The fourth-order valence-corrected chi connectivity index (χ4v) is 2.13. The molecule has 0 bridgehead atoms. The van der Waals surface area contributed by atoms with Gasteiger partial charge < -0.3 is 16.4 Å². The van der Waals surface area contributed by atoms with E-state index in [4.69, 9.17) is 5.73 Å². The quantitative estimate of drug-likeness (QED) is 0.674.